The van der Waals surface area contributed by atoms with Crippen LogP contribution in [-0.2, 0) is 4.79 Å². The summed E-state index contributed by atoms with van der Waals surface area (Å²) in [4.78, 5) is 23.8. The first-order chi connectivity index (χ1) is 12.0. The number of rotatable bonds is 4. The molecule has 2 N–H and O–H groups in total. The van der Waals surface area contributed by atoms with E-state index in [9.17, 15) is 9.59 Å². The zero-order valence-electron chi connectivity index (χ0n) is 13.7. The highest BCUT2D eigenvalue weighted by Crippen LogP contribution is 2.24. The van der Waals surface area contributed by atoms with Crippen molar-refractivity contribution in [3.8, 4) is 5.69 Å². The summed E-state index contributed by atoms with van der Waals surface area (Å²) in [7, 11) is 0. The van der Waals surface area contributed by atoms with E-state index in [1.165, 1.54) is 17.9 Å². The van der Waals surface area contributed by atoms with Crippen molar-refractivity contribution in [1.29, 1.82) is 0 Å². The SMILES string of the molecule is CC(=O)Nc1cccc(NC(=O)c2cccc(-n3cnnn3)c2)c1C. The Balaban J connectivity index is 1.83. The molecule has 1 heterocycles. The summed E-state index contributed by atoms with van der Waals surface area (Å²) in [5, 5.41) is 16.6. The van der Waals surface area contributed by atoms with Gasteiger partial charge < -0.3 is 10.6 Å². The largest absolute Gasteiger partial charge is 0.326 e. The van der Waals surface area contributed by atoms with Crippen molar-refractivity contribution in [2.45, 2.75) is 13.8 Å². The zero-order valence-corrected chi connectivity index (χ0v) is 13.7. The van der Waals surface area contributed by atoms with Gasteiger partial charge in [0, 0.05) is 23.9 Å². The smallest absolute Gasteiger partial charge is 0.255 e. The third kappa shape index (κ3) is 3.69. The number of nitrogens with one attached hydrogen (secondary N) is 2. The number of carbonyl (C=O) groups excluding carboxylic acids is 2. The van der Waals surface area contributed by atoms with Crippen molar-refractivity contribution in [1.82, 2.24) is 20.2 Å². The number of anilines is 2. The second-order valence-corrected chi connectivity index (χ2v) is 5.42. The van der Waals surface area contributed by atoms with Crippen LogP contribution < -0.4 is 10.6 Å². The molecule has 8 heteroatoms. The van der Waals surface area contributed by atoms with Crippen molar-refractivity contribution in [2.75, 3.05) is 10.6 Å². The Bertz CT molecular complexity index is 921. The van der Waals surface area contributed by atoms with Gasteiger partial charge in [-0.05, 0) is 53.2 Å². The van der Waals surface area contributed by atoms with Crippen molar-refractivity contribution in [3.63, 3.8) is 0 Å². The van der Waals surface area contributed by atoms with Crippen molar-refractivity contribution in [3.05, 3.63) is 59.9 Å². The van der Waals surface area contributed by atoms with Crippen LogP contribution in [0.5, 0.6) is 0 Å². The van der Waals surface area contributed by atoms with Crippen LogP contribution in [0.25, 0.3) is 5.69 Å². The summed E-state index contributed by atoms with van der Waals surface area (Å²) >= 11 is 0. The number of hydrogen-bond donors (Lipinski definition) is 2. The fourth-order valence-electron chi connectivity index (χ4n) is 2.36. The van der Waals surface area contributed by atoms with Crippen LogP contribution in [0.1, 0.15) is 22.8 Å². The molecule has 3 rings (SSSR count). The molecule has 0 spiro atoms. The molecular formula is C17H16N6O2. The highest BCUT2D eigenvalue weighted by atomic mass is 16.2. The number of nitrogens with zero attached hydrogens (tertiary/aromatic N) is 4. The van der Waals surface area contributed by atoms with Crippen molar-refractivity contribution < 1.29 is 9.59 Å². The Labute approximate surface area is 143 Å². The summed E-state index contributed by atoms with van der Waals surface area (Å²) in [6, 6.07) is 12.3. The number of hydrogen-bond acceptors (Lipinski definition) is 5. The molecule has 0 saturated heterocycles. The van der Waals surface area contributed by atoms with E-state index in [0.717, 1.165) is 5.56 Å². The summed E-state index contributed by atoms with van der Waals surface area (Å²) < 4.78 is 1.47. The fourth-order valence-corrected chi connectivity index (χ4v) is 2.36. The Morgan fingerprint density at radius 1 is 1.04 bits per heavy atom. The molecule has 2 amide bonds. The molecule has 0 saturated carbocycles. The van der Waals surface area contributed by atoms with Gasteiger partial charge in [0.2, 0.25) is 5.91 Å². The molecule has 0 aliphatic rings. The van der Waals surface area contributed by atoms with Gasteiger partial charge >= 0.3 is 0 Å². The molecule has 0 fully saturated rings. The maximum absolute atomic E-state index is 12.6. The second kappa shape index (κ2) is 6.91. The molecule has 0 atom stereocenters. The zero-order chi connectivity index (χ0) is 17.8. The van der Waals surface area contributed by atoms with Crippen LogP contribution in [0.2, 0.25) is 0 Å². The molecule has 1 aromatic heterocycles. The van der Waals surface area contributed by atoms with E-state index in [-0.39, 0.29) is 11.8 Å². The Morgan fingerprint density at radius 3 is 2.44 bits per heavy atom. The van der Waals surface area contributed by atoms with Gasteiger partial charge in [-0.1, -0.05) is 12.1 Å². The van der Waals surface area contributed by atoms with Gasteiger partial charge in [-0.15, -0.1) is 5.10 Å². The lowest BCUT2D eigenvalue weighted by Crippen LogP contribution is -2.14. The van der Waals surface area contributed by atoms with Crippen LogP contribution in [-0.4, -0.2) is 32.0 Å². The standard InChI is InChI=1S/C17H16N6O2/c1-11-15(19-12(2)24)7-4-8-16(11)20-17(25)13-5-3-6-14(9-13)23-10-18-21-22-23/h3-10H,1-2H3,(H,19,24)(H,20,25). The van der Waals surface area contributed by atoms with Gasteiger partial charge in [0.15, 0.2) is 0 Å². The van der Waals surface area contributed by atoms with E-state index in [4.69, 9.17) is 0 Å². The quantitative estimate of drug-likeness (QED) is 0.760. The average molecular weight is 336 g/mol. The first-order valence-corrected chi connectivity index (χ1v) is 7.56. The summed E-state index contributed by atoms with van der Waals surface area (Å²) in [6.07, 6.45) is 1.46. The van der Waals surface area contributed by atoms with Gasteiger partial charge in [0.1, 0.15) is 6.33 Å². The monoisotopic (exact) mass is 336 g/mol. The number of benzene rings is 2. The Morgan fingerprint density at radius 2 is 1.76 bits per heavy atom. The van der Waals surface area contributed by atoms with Crippen LogP contribution in [0.3, 0.4) is 0 Å². The van der Waals surface area contributed by atoms with Gasteiger partial charge in [0.25, 0.3) is 5.91 Å². The second-order valence-electron chi connectivity index (χ2n) is 5.42. The number of carbonyl (C=O) groups is 2. The predicted octanol–water partition coefficient (Wildman–Crippen LogP) is 2.18. The topological polar surface area (TPSA) is 102 Å². The molecule has 2 aromatic carbocycles. The molecular weight excluding hydrogens is 320 g/mol. The highest BCUT2D eigenvalue weighted by molar-refractivity contribution is 6.05. The normalized spacial score (nSPS) is 10.3. The lowest BCUT2D eigenvalue weighted by molar-refractivity contribution is -0.114. The third-order valence-corrected chi connectivity index (χ3v) is 3.61. The van der Waals surface area contributed by atoms with Crippen molar-refractivity contribution >= 4 is 23.2 Å². The van der Waals surface area contributed by atoms with Crippen LogP contribution in [0.15, 0.2) is 48.8 Å². The summed E-state index contributed by atoms with van der Waals surface area (Å²) in [5.41, 5.74) is 3.22. The number of aromatic nitrogens is 4. The van der Waals surface area contributed by atoms with E-state index in [0.29, 0.717) is 22.6 Å². The van der Waals surface area contributed by atoms with E-state index >= 15 is 0 Å². The molecule has 3 aromatic rings. The minimum Gasteiger partial charge on any atom is -0.326 e. The van der Waals surface area contributed by atoms with Crippen molar-refractivity contribution in [2.24, 2.45) is 0 Å². The maximum Gasteiger partial charge on any atom is 0.255 e. The first kappa shape index (κ1) is 16.3. The van der Waals surface area contributed by atoms with Gasteiger partial charge in [-0.25, -0.2) is 4.68 Å². The molecule has 126 valence electrons. The molecule has 0 radical (unpaired) electrons. The van der Waals surface area contributed by atoms with E-state index in [1.807, 2.05) is 6.92 Å². The molecule has 0 aliphatic heterocycles. The lowest BCUT2D eigenvalue weighted by atomic mass is 10.1. The molecule has 0 aliphatic carbocycles. The fraction of sp³-hybridized carbons (Fsp3) is 0.118. The third-order valence-electron chi connectivity index (χ3n) is 3.61. The van der Waals surface area contributed by atoms with E-state index < -0.39 is 0 Å². The Kier molecular flexibility index (Phi) is 4.51. The van der Waals surface area contributed by atoms with E-state index in [1.54, 1.807) is 42.5 Å². The molecule has 0 bridgehead atoms. The molecule has 8 nitrogen and oxygen atoms in total. The summed E-state index contributed by atoms with van der Waals surface area (Å²) in [5.74, 6) is -0.432. The Hall–Kier alpha value is -3.55. The minimum absolute atomic E-state index is 0.166. The van der Waals surface area contributed by atoms with Crippen LogP contribution >= 0.6 is 0 Å². The first-order valence-electron chi connectivity index (χ1n) is 7.56. The van der Waals surface area contributed by atoms with E-state index in [2.05, 4.69) is 26.2 Å². The number of amides is 2. The maximum atomic E-state index is 12.6. The number of tetrazole rings is 1. The molecule has 0 unspecified atom stereocenters. The average Bonchev–Trinajstić information content (AvgIpc) is 3.13. The highest BCUT2D eigenvalue weighted by Gasteiger charge is 2.11. The van der Waals surface area contributed by atoms with Gasteiger partial charge in [0.05, 0.1) is 5.69 Å². The summed E-state index contributed by atoms with van der Waals surface area (Å²) in [6.45, 7) is 3.27. The molecule has 25 heavy (non-hydrogen) atoms. The van der Waals surface area contributed by atoms with Crippen LogP contribution in [0.4, 0.5) is 11.4 Å². The van der Waals surface area contributed by atoms with Gasteiger partial charge in [-0.3, -0.25) is 9.59 Å². The predicted molar refractivity (Wildman–Crippen MR) is 92.6 cm³/mol. The minimum atomic E-state index is -0.266. The lowest BCUT2D eigenvalue weighted by Gasteiger charge is -2.13. The van der Waals surface area contributed by atoms with Gasteiger partial charge in [-0.2, -0.15) is 0 Å². The van der Waals surface area contributed by atoms with Crippen LogP contribution in [0, 0.1) is 6.92 Å².